The molecule has 0 spiro atoms. The summed E-state index contributed by atoms with van der Waals surface area (Å²) in [5, 5.41) is 9.17. The van der Waals surface area contributed by atoms with Crippen LogP contribution >= 0.6 is 0 Å². The molecule has 132 valence electrons. The van der Waals surface area contributed by atoms with Crippen molar-refractivity contribution in [1.29, 1.82) is 0 Å². The lowest BCUT2D eigenvalue weighted by Gasteiger charge is -2.33. The van der Waals surface area contributed by atoms with Crippen LogP contribution in [0.5, 0.6) is 0 Å². The average Bonchev–Trinajstić information content (AvgIpc) is 2.94. The van der Waals surface area contributed by atoms with Gasteiger partial charge in [-0.05, 0) is 44.4 Å². The summed E-state index contributed by atoms with van der Waals surface area (Å²) >= 11 is 0. The second-order valence-corrected chi connectivity index (χ2v) is 6.65. The number of piperidine rings is 1. The Morgan fingerprint density at radius 2 is 2.12 bits per heavy atom. The van der Waals surface area contributed by atoms with E-state index in [1.807, 2.05) is 29.4 Å². The van der Waals surface area contributed by atoms with Crippen molar-refractivity contribution in [3.8, 4) is 0 Å². The number of carboxylic acid groups (broad SMARTS) is 1. The number of carboxylic acids is 1. The van der Waals surface area contributed by atoms with Crippen molar-refractivity contribution in [2.75, 3.05) is 13.1 Å². The number of amides is 1. The Kier molecular flexibility index (Phi) is 4.88. The van der Waals surface area contributed by atoms with Crippen LogP contribution in [0.3, 0.4) is 0 Å². The lowest BCUT2D eigenvalue weighted by Crippen LogP contribution is -2.40. The maximum atomic E-state index is 12.7. The second-order valence-electron chi connectivity index (χ2n) is 6.65. The molecule has 1 atom stereocenters. The molecule has 0 saturated carbocycles. The molecule has 1 fully saturated rings. The molecule has 6 nitrogen and oxygen atoms in total. The Hall–Kier alpha value is -2.63. The minimum absolute atomic E-state index is 0.0830. The summed E-state index contributed by atoms with van der Waals surface area (Å²) in [6.45, 7) is 5.58. The number of benzene rings is 1. The Balaban J connectivity index is 1.70. The van der Waals surface area contributed by atoms with E-state index in [0.717, 1.165) is 36.3 Å². The average molecular weight is 341 g/mol. The molecule has 1 N–H and O–H groups in total. The summed E-state index contributed by atoms with van der Waals surface area (Å²) in [4.78, 5) is 30.0. The van der Waals surface area contributed by atoms with Gasteiger partial charge in [0, 0.05) is 24.7 Å². The van der Waals surface area contributed by atoms with Gasteiger partial charge >= 0.3 is 5.97 Å². The predicted octanol–water partition coefficient (Wildman–Crippen LogP) is 2.60. The number of carbonyl (C=O) groups excluding carboxylic acids is 1. The van der Waals surface area contributed by atoms with Crippen molar-refractivity contribution in [2.24, 2.45) is 0 Å². The van der Waals surface area contributed by atoms with Crippen LogP contribution in [0.25, 0.3) is 0 Å². The standard InChI is InChI=1S/C19H23N3O3/c1-13-14(2)22(12-20-13)11-18(23)21-8-4-7-17(10-21)15-5-3-6-16(9-15)19(24)25/h3,5-6,9,12,17H,4,7-8,10-11H2,1-2H3,(H,24,25)/t17-/m0/s1. The summed E-state index contributed by atoms with van der Waals surface area (Å²) in [7, 11) is 0. The van der Waals surface area contributed by atoms with E-state index in [4.69, 9.17) is 5.11 Å². The van der Waals surface area contributed by atoms with Gasteiger partial charge in [0.25, 0.3) is 0 Å². The molecule has 0 radical (unpaired) electrons. The van der Waals surface area contributed by atoms with Gasteiger partial charge in [0.15, 0.2) is 0 Å². The van der Waals surface area contributed by atoms with Crippen LogP contribution in [0.1, 0.15) is 46.1 Å². The molecule has 6 heteroatoms. The molecular formula is C19H23N3O3. The second kappa shape index (κ2) is 7.09. The predicted molar refractivity (Wildman–Crippen MR) is 93.7 cm³/mol. The van der Waals surface area contributed by atoms with Gasteiger partial charge in [-0.25, -0.2) is 9.78 Å². The van der Waals surface area contributed by atoms with E-state index >= 15 is 0 Å². The van der Waals surface area contributed by atoms with E-state index < -0.39 is 5.97 Å². The van der Waals surface area contributed by atoms with Crippen LogP contribution < -0.4 is 0 Å². The van der Waals surface area contributed by atoms with Crippen molar-refractivity contribution < 1.29 is 14.7 Å². The third-order valence-corrected chi connectivity index (χ3v) is 5.03. The van der Waals surface area contributed by atoms with E-state index in [9.17, 15) is 9.59 Å². The highest BCUT2D eigenvalue weighted by Crippen LogP contribution is 2.27. The molecule has 0 unspecified atom stereocenters. The molecule has 0 aliphatic carbocycles. The Morgan fingerprint density at radius 3 is 2.80 bits per heavy atom. The smallest absolute Gasteiger partial charge is 0.335 e. The topological polar surface area (TPSA) is 75.4 Å². The number of nitrogens with zero attached hydrogens (tertiary/aromatic N) is 3. The third kappa shape index (κ3) is 3.73. The summed E-state index contributed by atoms with van der Waals surface area (Å²) in [5.41, 5.74) is 3.24. The van der Waals surface area contributed by atoms with Gasteiger partial charge in [-0.2, -0.15) is 0 Å². The fraction of sp³-hybridized carbons (Fsp3) is 0.421. The van der Waals surface area contributed by atoms with Crippen molar-refractivity contribution in [3.63, 3.8) is 0 Å². The highest BCUT2D eigenvalue weighted by atomic mass is 16.4. The highest BCUT2D eigenvalue weighted by Gasteiger charge is 2.25. The lowest BCUT2D eigenvalue weighted by molar-refractivity contribution is -0.133. The quantitative estimate of drug-likeness (QED) is 0.927. The molecular weight excluding hydrogens is 318 g/mol. The van der Waals surface area contributed by atoms with Gasteiger partial charge in [0.1, 0.15) is 6.54 Å². The zero-order valence-corrected chi connectivity index (χ0v) is 14.6. The fourth-order valence-corrected chi connectivity index (χ4v) is 3.35. The molecule has 2 aromatic rings. The number of aromatic carboxylic acids is 1. The summed E-state index contributed by atoms with van der Waals surface area (Å²) in [6, 6.07) is 7.05. The minimum Gasteiger partial charge on any atom is -0.478 e. The number of carbonyl (C=O) groups is 2. The zero-order valence-electron chi connectivity index (χ0n) is 14.6. The number of rotatable bonds is 4. The first kappa shape index (κ1) is 17.2. The van der Waals surface area contributed by atoms with Gasteiger partial charge in [0.2, 0.25) is 5.91 Å². The SMILES string of the molecule is Cc1ncn(CC(=O)N2CCC[C@H](c3cccc(C(=O)O)c3)C2)c1C. The van der Waals surface area contributed by atoms with Crippen LogP contribution in [0.4, 0.5) is 0 Å². The molecule has 3 rings (SSSR count). The maximum Gasteiger partial charge on any atom is 0.335 e. The van der Waals surface area contributed by atoms with E-state index in [1.54, 1.807) is 24.5 Å². The summed E-state index contributed by atoms with van der Waals surface area (Å²) in [6.07, 6.45) is 3.60. The van der Waals surface area contributed by atoms with E-state index in [2.05, 4.69) is 4.98 Å². The monoisotopic (exact) mass is 341 g/mol. The molecule has 25 heavy (non-hydrogen) atoms. The maximum absolute atomic E-state index is 12.7. The van der Waals surface area contributed by atoms with Crippen LogP contribution in [0.15, 0.2) is 30.6 Å². The first-order chi connectivity index (χ1) is 12.0. The van der Waals surface area contributed by atoms with Gasteiger partial charge < -0.3 is 14.6 Å². The number of imidazole rings is 1. The number of aryl methyl sites for hydroxylation is 1. The van der Waals surface area contributed by atoms with E-state index in [0.29, 0.717) is 18.7 Å². The largest absolute Gasteiger partial charge is 0.478 e. The van der Waals surface area contributed by atoms with Crippen molar-refractivity contribution in [2.45, 2.75) is 39.2 Å². The van der Waals surface area contributed by atoms with Gasteiger partial charge in [-0.3, -0.25) is 4.79 Å². The van der Waals surface area contributed by atoms with E-state index in [1.165, 1.54) is 0 Å². The number of aromatic nitrogens is 2. The van der Waals surface area contributed by atoms with Crippen molar-refractivity contribution in [3.05, 3.63) is 53.1 Å². The molecule has 2 heterocycles. The molecule has 1 aromatic carbocycles. The zero-order chi connectivity index (χ0) is 18.0. The number of hydrogen-bond acceptors (Lipinski definition) is 3. The number of hydrogen-bond donors (Lipinski definition) is 1. The van der Waals surface area contributed by atoms with Crippen molar-refractivity contribution >= 4 is 11.9 Å². The molecule has 1 aliphatic rings. The van der Waals surface area contributed by atoms with Crippen LogP contribution in [-0.2, 0) is 11.3 Å². The fourth-order valence-electron chi connectivity index (χ4n) is 3.35. The van der Waals surface area contributed by atoms with Crippen LogP contribution in [0.2, 0.25) is 0 Å². The molecule has 1 amide bonds. The molecule has 1 aromatic heterocycles. The minimum atomic E-state index is -0.920. The Morgan fingerprint density at radius 1 is 1.32 bits per heavy atom. The van der Waals surface area contributed by atoms with Crippen LogP contribution in [0, 0.1) is 13.8 Å². The van der Waals surface area contributed by atoms with Gasteiger partial charge in [-0.1, -0.05) is 12.1 Å². The highest BCUT2D eigenvalue weighted by molar-refractivity contribution is 5.87. The Labute approximate surface area is 147 Å². The van der Waals surface area contributed by atoms with E-state index in [-0.39, 0.29) is 11.8 Å². The Bertz CT molecular complexity index is 797. The van der Waals surface area contributed by atoms with Gasteiger partial charge in [0.05, 0.1) is 17.6 Å². The first-order valence-corrected chi connectivity index (χ1v) is 8.55. The molecule has 1 aliphatic heterocycles. The summed E-state index contributed by atoms with van der Waals surface area (Å²) in [5.74, 6) is -0.654. The van der Waals surface area contributed by atoms with Crippen molar-refractivity contribution in [1.82, 2.24) is 14.5 Å². The molecule has 0 bridgehead atoms. The number of likely N-dealkylation sites (tertiary alicyclic amines) is 1. The first-order valence-electron chi connectivity index (χ1n) is 8.55. The van der Waals surface area contributed by atoms with Gasteiger partial charge in [-0.15, -0.1) is 0 Å². The summed E-state index contributed by atoms with van der Waals surface area (Å²) < 4.78 is 1.88. The normalized spacial score (nSPS) is 17.5. The molecule has 1 saturated heterocycles. The lowest BCUT2D eigenvalue weighted by atomic mass is 9.89. The van der Waals surface area contributed by atoms with Crippen LogP contribution in [-0.4, -0.2) is 44.5 Å². The third-order valence-electron chi connectivity index (χ3n) is 5.03.